The lowest BCUT2D eigenvalue weighted by Crippen LogP contribution is -2.43. The van der Waals surface area contributed by atoms with Crippen LogP contribution in [0.4, 0.5) is 4.79 Å². The molecule has 0 aliphatic rings. The van der Waals surface area contributed by atoms with Crippen molar-refractivity contribution >= 4 is 35.7 Å². The highest BCUT2D eigenvalue weighted by Gasteiger charge is 2.17. The van der Waals surface area contributed by atoms with Crippen LogP contribution in [0.15, 0.2) is 30.3 Å². The fourth-order valence-electron chi connectivity index (χ4n) is 2.90. The van der Waals surface area contributed by atoms with E-state index in [1.54, 1.807) is 20.8 Å². The highest BCUT2D eigenvalue weighted by atomic mass is 16.6. The first kappa shape index (κ1) is 32.9. The molecule has 13 nitrogen and oxygen atoms in total. The second kappa shape index (κ2) is 18.2. The molecule has 5 amide bonds. The first-order valence-electron chi connectivity index (χ1n) is 12.7. The lowest BCUT2D eigenvalue weighted by atomic mass is 10.2. The summed E-state index contributed by atoms with van der Waals surface area (Å²) in [6.07, 6.45) is 0.549. The monoisotopic (exact) mass is 549 g/mol. The zero-order chi connectivity index (χ0) is 29.1. The van der Waals surface area contributed by atoms with Crippen LogP contribution >= 0.6 is 0 Å². The van der Waals surface area contributed by atoms with Crippen molar-refractivity contribution < 1.29 is 38.2 Å². The summed E-state index contributed by atoms with van der Waals surface area (Å²) in [7, 11) is 0. The maximum atomic E-state index is 11.9. The van der Waals surface area contributed by atoms with Crippen molar-refractivity contribution in [3.63, 3.8) is 0 Å². The molecule has 216 valence electrons. The van der Waals surface area contributed by atoms with Crippen LogP contribution < -0.4 is 26.6 Å². The van der Waals surface area contributed by atoms with Crippen molar-refractivity contribution in [2.45, 2.75) is 58.7 Å². The van der Waals surface area contributed by atoms with Gasteiger partial charge in [0.2, 0.25) is 23.6 Å². The normalized spacial score (nSPS) is 10.5. The molecule has 13 heteroatoms. The summed E-state index contributed by atoms with van der Waals surface area (Å²) < 4.78 is 10.1. The molecule has 0 radical (unpaired) electrons. The smallest absolute Gasteiger partial charge is 0.407 e. The van der Waals surface area contributed by atoms with E-state index in [9.17, 15) is 28.8 Å². The van der Waals surface area contributed by atoms with Gasteiger partial charge in [-0.1, -0.05) is 30.3 Å². The van der Waals surface area contributed by atoms with E-state index in [0.29, 0.717) is 12.8 Å². The fraction of sp³-hybridized carbons (Fsp3) is 0.538. The molecule has 0 bridgehead atoms. The Bertz CT molecular complexity index is 963. The SMILES string of the molecule is CC(C)(C)OC(=O)CNC(=O)CNC(=O)CNC(=O)CCCNC(=O)CCCNC(=O)OCc1ccccc1. The molecule has 1 aromatic carbocycles. The van der Waals surface area contributed by atoms with Crippen molar-refractivity contribution in [3.8, 4) is 0 Å². The van der Waals surface area contributed by atoms with E-state index in [4.69, 9.17) is 9.47 Å². The third kappa shape index (κ3) is 18.7. The van der Waals surface area contributed by atoms with Gasteiger partial charge in [0.1, 0.15) is 18.8 Å². The van der Waals surface area contributed by atoms with E-state index < -0.39 is 29.5 Å². The maximum absolute atomic E-state index is 11.9. The largest absolute Gasteiger partial charge is 0.459 e. The van der Waals surface area contributed by atoms with Gasteiger partial charge in [0.05, 0.1) is 13.1 Å². The fourth-order valence-corrected chi connectivity index (χ4v) is 2.90. The molecule has 0 unspecified atom stereocenters. The number of hydrogen-bond acceptors (Lipinski definition) is 8. The Morgan fingerprint density at radius 3 is 1.77 bits per heavy atom. The van der Waals surface area contributed by atoms with E-state index in [1.165, 1.54) is 0 Å². The molecule has 1 aromatic rings. The topological polar surface area (TPSA) is 181 Å². The molecule has 39 heavy (non-hydrogen) atoms. The minimum Gasteiger partial charge on any atom is -0.459 e. The van der Waals surface area contributed by atoms with Gasteiger partial charge in [0.25, 0.3) is 0 Å². The molecule has 0 fully saturated rings. The number of alkyl carbamates (subject to hydrolysis) is 1. The standard InChI is InChI=1S/C26H39N5O8/c1-26(2,3)39-24(36)17-31-23(35)16-30-22(34)15-29-21(33)12-7-13-27-20(32)11-8-14-28-25(37)38-18-19-9-5-4-6-10-19/h4-6,9-10H,7-8,11-18H2,1-3H3,(H,27,32)(H,28,37)(H,29,33)(H,30,34)(H,31,35). The Balaban J connectivity index is 2.01. The van der Waals surface area contributed by atoms with E-state index in [1.807, 2.05) is 30.3 Å². The minimum absolute atomic E-state index is 0.0960. The van der Waals surface area contributed by atoms with Gasteiger partial charge in [-0.15, -0.1) is 0 Å². The van der Waals surface area contributed by atoms with Gasteiger partial charge < -0.3 is 36.1 Å². The quantitative estimate of drug-likeness (QED) is 0.144. The molecule has 0 heterocycles. The summed E-state index contributed by atoms with van der Waals surface area (Å²) in [5, 5.41) is 12.3. The van der Waals surface area contributed by atoms with Gasteiger partial charge in [-0.3, -0.25) is 24.0 Å². The Morgan fingerprint density at radius 2 is 1.18 bits per heavy atom. The molecule has 0 aliphatic heterocycles. The number of benzene rings is 1. The predicted molar refractivity (Wildman–Crippen MR) is 141 cm³/mol. The lowest BCUT2D eigenvalue weighted by Gasteiger charge is -2.19. The zero-order valence-corrected chi connectivity index (χ0v) is 22.7. The first-order chi connectivity index (χ1) is 18.4. The highest BCUT2D eigenvalue weighted by Crippen LogP contribution is 2.06. The van der Waals surface area contributed by atoms with Crippen molar-refractivity contribution in [1.82, 2.24) is 26.6 Å². The molecule has 0 saturated heterocycles. The number of esters is 1. The van der Waals surface area contributed by atoms with Gasteiger partial charge >= 0.3 is 12.1 Å². The van der Waals surface area contributed by atoms with E-state index in [-0.39, 0.29) is 64.0 Å². The van der Waals surface area contributed by atoms with Crippen molar-refractivity contribution in [1.29, 1.82) is 0 Å². The molecule has 5 N–H and O–H groups in total. The maximum Gasteiger partial charge on any atom is 0.407 e. The van der Waals surface area contributed by atoms with Gasteiger partial charge in [0, 0.05) is 25.9 Å². The minimum atomic E-state index is -0.667. The van der Waals surface area contributed by atoms with Crippen LogP contribution in [0.1, 0.15) is 52.0 Å². The van der Waals surface area contributed by atoms with Crippen LogP contribution in [0.25, 0.3) is 0 Å². The predicted octanol–water partition coefficient (Wildman–Crippen LogP) is 0.280. The second-order valence-corrected chi connectivity index (χ2v) is 9.46. The Kier molecular flexibility index (Phi) is 15.3. The number of carbonyl (C=O) groups is 6. The molecule has 0 saturated carbocycles. The van der Waals surface area contributed by atoms with Crippen LogP contribution in [0.3, 0.4) is 0 Å². The van der Waals surface area contributed by atoms with Crippen LogP contribution in [-0.4, -0.2) is 74.0 Å². The van der Waals surface area contributed by atoms with E-state index in [0.717, 1.165) is 5.56 Å². The highest BCUT2D eigenvalue weighted by molar-refractivity contribution is 5.89. The summed E-state index contributed by atoms with van der Waals surface area (Å²) in [6.45, 7) is 4.86. The number of ether oxygens (including phenoxy) is 2. The third-order valence-corrected chi connectivity index (χ3v) is 4.71. The van der Waals surface area contributed by atoms with Crippen molar-refractivity contribution in [3.05, 3.63) is 35.9 Å². The van der Waals surface area contributed by atoms with Crippen molar-refractivity contribution in [2.24, 2.45) is 0 Å². The number of rotatable bonds is 16. The lowest BCUT2D eigenvalue weighted by molar-refractivity contribution is -0.154. The average molecular weight is 550 g/mol. The number of nitrogens with one attached hydrogen (secondary N) is 5. The van der Waals surface area contributed by atoms with Crippen molar-refractivity contribution in [2.75, 3.05) is 32.7 Å². The van der Waals surface area contributed by atoms with Crippen LogP contribution in [0, 0.1) is 0 Å². The van der Waals surface area contributed by atoms with Gasteiger partial charge in [-0.25, -0.2) is 4.79 Å². The Morgan fingerprint density at radius 1 is 0.667 bits per heavy atom. The first-order valence-corrected chi connectivity index (χ1v) is 12.7. The average Bonchev–Trinajstić information content (AvgIpc) is 2.88. The van der Waals surface area contributed by atoms with Gasteiger partial charge in [-0.05, 0) is 39.2 Å². The Hall–Kier alpha value is -4.16. The second-order valence-electron chi connectivity index (χ2n) is 9.46. The summed E-state index contributed by atoms with van der Waals surface area (Å²) in [4.78, 5) is 70.4. The number of amides is 5. The summed E-state index contributed by atoms with van der Waals surface area (Å²) >= 11 is 0. The summed E-state index contributed by atoms with van der Waals surface area (Å²) in [5.41, 5.74) is 0.209. The molecular formula is C26H39N5O8. The van der Waals surface area contributed by atoms with Crippen LogP contribution in [-0.2, 0) is 40.1 Å². The van der Waals surface area contributed by atoms with E-state index >= 15 is 0 Å². The van der Waals surface area contributed by atoms with Crippen LogP contribution in [0.5, 0.6) is 0 Å². The Labute approximate surface area is 228 Å². The molecule has 0 atom stereocenters. The summed E-state index contributed by atoms with van der Waals surface area (Å²) in [5.74, 6) is -2.33. The molecule has 0 aliphatic carbocycles. The van der Waals surface area contributed by atoms with Gasteiger partial charge in [-0.2, -0.15) is 0 Å². The van der Waals surface area contributed by atoms with Crippen LogP contribution in [0.2, 0.25) is 0 Å². The molecule has 0 spiro atoms. The molecule has 0 aromatic heterocycles. The number of hydrogen-bond donors (Lipinski definition) is 5. The van der Waals surface area contributed by atoms with Gasteiger partial charge in [0.15, 0.2) is 0 Å². The number of carbonyl (C=O) groups excluding carboxylic acids is 6. The third-order valence-electron chi connectivity index (χ3n) is 4.71. The van der Waals surface area contributed by atoms with E-state index in [2.05, 4.69) is 26.6 Å². The zero-order valence-electron chi connectivity index (χ0n) is 22.7. The molecular weight excluding hydrogens is 510 g/mol. The molecule has 1 rings (SSSR count). The summed E-state index contributed by atoms with van der Waals surface area (Å²) in [6, 6.07) is 9.27.